The van der Waals surface area contributed by atoms with Crippen molar-refractivity contribution in [3.63, 3.8) is 0 Å². The van der Waals surface area contributed by atoms with E-state index >= 15 is 0 Å². The van der Waals surface area contributed by atoms with Gasteiger partial charge in [0.2, 0.25) is 0 Å². The van der Waals surface area contributed by atoms with Gasteiger partial charge in [-0.05, 0) is 43.2 Å². The third kappa shape index (κ3) is 4.14. The number of amides is 1. The number of nitrogens with zero attached hydrogens (tertiary/aromatic N) is 2. The fourth-order valence-corrected chi connectivity index (χ4v) is 3.64. The average Bonchev–Trinajstić information content (AvgIpc) is 3.07. The van der Waals surface area contributed by atoms with Gasteiger partial charge in [-0.15, -0.1) is 0 Å². The summed E-state index contributed by atoms with van der Waals surface area (Å²) in [5.41, 5.74) is 3.45. The molecule has 3 aromatic rings. The summed E-state index contributed by atoms with van der Waals surface area (Å²) < 4.78 is 25.4. The Morgan fingerprint density at radius 2 is 1.86 bits per heavy atom. The molecule has 0 spiro atoms. The molecule has 7 heteroatoms. The van der Waals surface area contributed by atoms with Crippen molar-refractivity contribution in [2.45, 2.75) is 31.6 Å². The minimum absolute atomic E-state index is 0.169. The van der Waals surface area contributed by atoms with E-state index in [0.717, 1.165) is 29.6 Å². The minimum atomic E-state index is -3.36. The molecule has 0 aliphatic carbocycles. The van der Waals surface area contributed by atoms with Gasteiger partial charge < -0.3 is 5.32 Å². The molecule has 0 aliphatic heterocycles. The molecule has 2 aromatic carbocycles. The van der Waals surface area contributed by atoms with Crippen LogP contribution in [0.15, 0.2) is 59.6 Å². The zero-order valence-corrected chi connectivity index (χ0v) is 17.0. The normalized spacial score (nSPS) is 11.4. The molecule has 1 aromatic heterocycles. The van der Waals surface area contributed by atoms with Gasteiger partial charge in [-0.3, -0.25) is 4.79 Å². The first-order chi connectivity index (χ1) is 13.3. The number of sulfone groups is 1. The molecule has 0 saturated carbocycles. The molecular formula is C21H23N3O3S. The second kappa shape index (κ2) is 7.98. The summed E-state index contributed by atoms with van der Waals surface area (Å²) >= 11 is 0. The number of rotatable bonds is 6. The van der Waals surface area contributed by atoms with E-state index in [1.165, 1.54) is 12.1 Å². The van der Waals surface area contributed by atoms with Crippen LogP contribution in [-0.2, 0) is 16.3 Å². The van der Waals surface area contributed by atoms with E-state index < -0.39 is 9.84 Å². The molecule has 0 atom stereocenters. The number of carbonyl (C=O) groups is 1. The maximum atomic E-state index is 13.0. The predicted octanol–water partition coefficient (Wildman–Crippen LogP) is 3.79. The van der Waals surface area contributed by atoms with Crippen LogP contribution in [0.5, 0.6) is 0 Å². The molecule has 0 aliphatic rings. The summed E-state index contributed by atoms with van der Waals surface area (Å²) in [5, 5.41) is 7.25. The van der Waals surface area contributed by atoms with Gasteiger partial charge in [-0.25, -0.2) is 13.1 Å². The van der Waals surface area contributed by atoms with E-state index in [0.29, 0.717) is 17.7 Å². The van der Waals surface area contributed by atoms with Gasteiger partial charge >= 0.3 is 0 Å². The fourth-order valence-electron chi connectivity index (χ4n) is 2.99. The van der Waals surface area contributed by atoms with Crippen LogP contribution in [0, 0.1) is 6.92 Å². The molecule has 6 nitrogen and oxygen atoms in total. The van der Waals surface area contributed by atoms with Crippen molar-refractivity contribution in [1.29, 1.82) is 0 Å². The van der Waals surface area contributed by atoms with Crippen LogP contribution in [-0.4, -0.2) is 30.4 Å². The van der Waals surface area contributed by atoms with Crippen LogP contribution in [0.4, 0.5) is 5.69 Å². The first kappa shape index (κ1) is 19.8. The summed E-state index contributed by atoms with van der Waals surface area (Å²) in [6.07, 6.45) is 4.26. The first-order valence-electron chi connectivity index (χ1n) is 9.05. The number of carbonyl (C=O) groups excluding carboxylic acids is 1. The highest BCUT2D eigenvalue weighted by Gasteiger charge is 2.19. The topological polar surface area (TPSA) is 81.1 Å². The van der Waals surface area contributed by atoms with E-state index in [4.69, 9.17) is 0 Å². The zero-order chi connectivity index (χ0) is 20.3. The smallest absolute Gasteiger partial charge is 0.259 e. The van der Waals surface area contributed by atoms with Crippen molar-refractivity contribution in [3.05, 3.63) is 71.5 Å². The molecule has 0 radical (unpaired) electrons. The van der Waals surface area contributed by atoms with Gasteiger partial charge in [-0.2, -0.15) is 5.10 Å². The monoisotopic (exact) mass is 397 g/mol. The lowest BCUT2D eigenvalue weighted by molar-refractivity contribution is 0.102. The summed E-state index contributed by atoms with van der Waals surface area (Å²) in [6.45, 7) is 3.87. The van der Waals surface area contributed by atoms with E-state index in [2.05, 4.69) is 10.4 Å². The molecule has 146 valence electrons. The lowest BCUT2D eigenvalue weighted by atomic mass is 10.1. The quantitative estimate of drug-likeness (QED) is 0.686. The van der Waals surface area contributed by atoms with Crippen LogP contribution in [0.25, 0.3) is 5.69 Å². The third-order valence-corrected chi connectivity index (χ3v) is 5.60. The lowest BCUT2D eigenvalue weighted by Crippen LogP contribution is -2.15. The number of hydrogen-bond donors (Lipinski definition) is 1. The Morgan fingerprint density at radius 1 is 1.14 bits per heavy atom. The molecule has 28 heavy (non-hydrogen) atoms. The van der Waals surface area contributed by atoms with Crippen molar-refractivity contribution in [2.75, 3.05) is 11.6 Å². The maximum absolute atomic E-state index is 13.0. The number of aryl methyl sites for hydroxylation is 1. The molecule has 0 saturated heterocycles. The van der Waals surface area contributed by atoms with Gasteiger partial charge in [0.1, 0.15) is 0 Å². The van der Waals surface area contributed by atoms with E-state index in [1.807, 2.05) is 44.2 Å². The molecule has 1 amide bonds. The predicted molar refractivity (Wildman–Crippen MR) is 110 cm³/mol. The molecule has 1 N–H and O–H groups in total. The Bertz CT molecular complexity index is 1100. The van der Waals surface area contributed by atoms with E-state index in [-0.39, 0.29) is 10.8 Å². The van der Waals surface area contributed by atoms with Crippen molar-refractivity contribution in [2.24, 2.45) is 0 Å². The van der Waals surface area contributed by atoms with E-state index in [9.17, 15) is 13.2 Å². The highest BCUT2D eigenvalue weighted by atomic mass is 32.2. The van der Waals surface area contributed by atoms with Crippen LogP contribution in [0.3, 0.4) is 0 Å². The number of benzene rings is 2. The Kier molecular flexibility index (Phi) is 5.65. The standard InChI is InChI=1S/C21H23N3O3S/c1-4-8-20-18(14-22-24(20)16-9-6-5-7-10-16)21(25)23-19-13-17(28(3,26)27)12-11-15(19)2/h5-7,9-14H,4,8H2,1-3H3,(H,23,25). The van der Waals surface area contributed by atoms with Crippen molar-refractivity contribution in [1.82, 2.24) is 9.78 Å². The van der Waals surface area contributed by atoms with Crippen molar-refractivity contribution in [3.8, 4) is 5.69 Å². The third-order valence-electron chi connectivity index (χ3n) is 4.49. The highest BCUT2D eigenvalue weighted by molar-refractivity contribution is 7.90. The van der Waals surface area contributed by atoms with Crippen LogP contribution in [0.1, 0.15) is 35.0 Å². The molecular weight excluding hydrogens is 374 g/mol. The Labute approximate surface area is 165 Å². The summed E-state index contributed by atoms with van der Waals surface area (Å²) in [7, 11) is -3.36. The molecule has 0 fully saturated rings. The summed E-state index contributed by atoms with van der Waals surface area (Å²) in [5.74, 6) is -0.306. The largest absolute Gasteiger partial charge is 0.322 e. The second-order valence-corrected chi connectivity index (χ2v) is 8.72. The molecule has 3 rings (SSSR count). The van der Waals surface area contributed by atoms with Crippen LogP contribution < -0.4 is 5.32 Å². The summed E-state index contributed by atoms with van der Waals surface area (Å²) in [4.78, 5) is 13.1. The van der Waals surface area contributed by atoms with Gasteiger partial charge in [0, 0.05) is 11.9 Å². The van der Waals surface area contributed by atoms with Gasteiger partial charge in [0.15, 0.2) is 9.84 Å². The second-order valence-electron chi connectivity index (χ2n) is 6.71. The molecule has 0 bridgehead atoms. The maximum Gasteiger partial charge on any atom is 0.259 e. The highest BCUT2D eigenvalue weighted by Crippen LogP contribution is 2.23. The van der Waals surface area contributed by atoms with Crippen molar-refractivity contribution < 1.29 is 13.2 Å². The Balaban J connectivity index is 1.97. The Hall–Kier alpha value is -2.93. The first-order valence-corrected chi connectivity index (χ1v) is 10.9. The number of nitrogens with one attached hydrogen (secondary N) is 1. The number of para-hydroxylation sites is 1. The molecule has 0 unspecified atom stereocenters. The Morgan fingerprint density at radius 3 is 2.50 bits per heavy atom. The number of anilines is 1. The van der Waals surface area contributed by atoms with Crippen LogP contribution in [0.2, 0.25) is 0 Å². The summed E-state index contributed by atoms with van der Waals surface area (Å²) in [6, 6.07) is 14.4. The lowest BCUT2D eigenvalue weighted by Gasteiger charge is -2.12. The van der Waals surface area contributed by atoms with Gasteiger partial charge in [0.05, 0.1) is 28.0 Å². The molecule has 1 heterocycles. The van der Waals surface area contributed by atoms with Gasteiger partial charge in [0.25, 0.3) is 5.91 Å². The average molecular weight is 398 g/mol. The SMILES string of the molecule is CCCc1c(C(=O)Nc2cc(S(C)(=O)=O)ccc2C)cnn1-c1ccccc1. The van der Waals surface area contributed by atoms with E-state index in [1.54, 1.807) is 16.9 Å². The zero-order valence-electron chi connectivity index (χ0n) is 16.1. The van der Waals surface area contributed by atoms with Gasteiger partial charge in [-0.1, -0.05) is 37.6 Å². The number of hydrogen-bond acceptors (Lipinski definition) is 4. The van der Waals surface area contributed by atoms with Crippen LogP contribution >= 0.6 is 0 Å². The minimum Gasteiger partial charge on any atom is -0.322 e. The fraction of sp³-hybridized carbons (Fsp3) is 0.238. The van der Waals surface area contributed by atoms with Crippen molar-refractivity contribution >= 4 is 21.4 Å². The number of aromatic nitrogens is 2.